The molecule has 3 rings (SSSR count). The summed E-state index contributed by atoms with van der Waals surface area (Å²) in [6, 6.07) is 0.773. The topological polar surface area (TPSA) is 21.3 Å². The summed E-state index contributed by atoms with van der Waals surface area (Å²) < 4.78 is 6.29. The fraction of sp³-hybridized carbons (Fsp3) is 1.00. The Balaban J connectivity index is 1.62. The second kappa shape index (κ2) is 6.36. The zero-order valence-corrected chi connectivity index (χ0v) is 13.5. The molecule has 4 atom stereocenters. The Morgan fingerprint density at radius 1 is 1.10 bits per heavy atom. The average molecular weight is 279 g/mol. The molecule has 1 saturated heterocycles. The summed E-state index contributed by atoms with van der Waals surface area (Å²) in [5, 5.41) is 3.70. The lowest BCUT2D eigenvalue weighted by Gasteiger charge is -2.46. The molecule has 3 aliphatic rings. The van der Waals surface area contributed by atoms with Gasteiger partial charge in [-0.1, -0.05) is 33.1 Å². The predicted octanol–water partition coefficient (Wildman–Crippen LogP) is 4.14. The first-order chi connectivity index (χ1) is 9.74. The molecule has 0 aromatic heterocycles. The van der Waals surface area contributed by atoms with Gasteiger partial charge in [0.1, 0.15) is 0 Å². The maximum atomic E-state index is 6.29. The summed E-state index contributed by atoms with van der Waals surface area (Å²) >= 11 is 0. The molecule has 1 N–H and O–H groups in total. The van der Waals surface area contributed by atoms with Crippen LogP contribution in [0.2, 0.25) is 0 Å². The van der Waals surface area contributed by atoms with Gasteiger partial charge in [0.25, 0.3) is 0 Å². The zero-order valence-electron chi connectivity index (χ0n) is 13.5. The van der Waals surface area contributed by atoms with E-state index in [1.807, 2.05) is 0 Å². The van der Waals surface area contributed by atoms with Crippen molar-refractivity contribution in [2.45, 2.75) is 83.3 Å². The molecule has 1 aliphatic heterocycles. The summed E-state index contributed by atoms with van der Waals surface area (Å²) in [4.78, 5) is 0. The van der Waals surface area contributed by atoms with Crippen molar-refractivity contribution < 1.29 is 4.74 Å². The highest BCUT2D eigenvalue weighted by atomic mass is 16.5. The second-order valence-electron chi connectivity index (χ2n) is 7.61. The summed E-state index contributed by atoms with van der Waals surface area (Å²) in [6.45, 7) is 6.89. The van der Waals surface area contributed by atoms with Crippen molar-refractivity contribution in [3.8, 4) is 0 Å². The summed E-state index contributed by atoms with van der Waals surface area (Å²) in [5.74, 6) is 2.74. The van der Waals surface area contributed by atoms with Crippen LogP contribution in [0.15, 0.2) is 0 Å². The largest absolute Gasteiger partial charge is 0.375 e. The van der Waals surface area contributed by atoms with Crippen molar-refractivity contribution in [2.24, 2.45) is 17.8 Å². The smallest absolute Gasteiger partial charge is 0.0685 e. The van der Waals surface area contributed by atoms with E-state index in [-0.39, 0.29) is 5.60 Å². The average Bonchev–Trinajstić information content (AvgIpc) is 2.82. The molecule has 3 fully saturated rings. The highest BCUT2D eigenvalue weighted by Gasteiger charge is 2.44. The van der Waals surface area contributed by atoms with Crippen LogP contribution >= 0.6 is 0 Å². The Bertz CT molecular complexity index is 305. The van der Waals surface area contributed by atoms with E-state index in [0.717, 1.165) is 36.9 Å². The van der Waals surface area contributed by atoms with Crippen molar-refractivity contribution in [3.05, 3.63) is 0 Å². The zero-order chi connectivity index (χ0) is 14.0. The van der Waals surface area contributed by atoms with Gasteiger partial charge in [0, 0.05) is 12.6 Å². The molecule has 2 heteroatoms. The van der Waals surface area contributed by atoms with Crippen LogP contribution < -0.4 is 5.32 Å². The van der Waals surface area contributed by atoms with E-state index >= 15 is 0 Å². The molecular weight excluding hydrogens is 246 g/mol. The van der Waals surface area contributed by atoms with Gasteiger partial charge in [0.15, 0.2) is 0 Å². The van der Waals surface area contributed by atoms with Crippen LogP contribution in [0.1, 0.15) is 71.6 Å². The Morgan fingerprint density at radius 3 is 2.65 bits per heavy atom. The van der Waals surface area contributed by atoms with Gasteiger partial charge in [-0.3, -0.25) is 0 Å². The first kappa shape index (κ1) is 14.8. The maximum absolute atomic E-state index is 6.29. The van der Waals surface area contributed by atoms with Crippen LogP contribution in [0.5, 0.6) is 0 Å². The van der Waals surface area contributed by atoms with Crippen molar-refractivity contribution in [1.29, 1.82) is 0 Å². The molecule has 2 saturated carbocycles. The van der Waals surface area contributed by atoms with Gasteiger partial charge in [0.2, 0.25) is 0 Å². The molecule has 116 valence electrons. The standard InChI is InChI=1S/C18H33NO/c1-3-19-17-8-7-16(14(17)2)15-9-12-20-18(13-15)10-5-4-6-11-18/h14-17,19H,3-13H2,1-2H3. The maximum Gasteiger partial charge on any atom is 0.0685 e. The van der Waals surface area contributed by atoms with Gasteiger partial charge in [-0.2, -0.15) is 0 Å². The minimum atomic E-state index is 0.289. The van der Waals surface area contributed by atoms with E-state index in [4.69, 9.17) is 4.74 Å². The van der Waals surface area contributed by atoms with E-state index in [9.17, 15) is 0 Å². The highest BCUT2D eigenvalue weighted by molar-refractivity contribution is 4.96. The molecule has 2 aliphatic carbocycles. The summed E-state index contributed by atoms with van der Waals surface area (Å²) in [6.07, 6.45) is 12.4. The fourth-order valence-corrected chi connectivity index (χ4v) is 5.39. The van der Waals surface area contributed by atoms with Gasteiger partial charge >= 0.3 is 0 Å². The van der Waals surface area contributed by atoms with Gasteiger partial charge < -0.3 is 10.1 Å². The molecule has 0 radical (unpaired) electrons. The van der Waals surface area contributed by atoms with Crippen molar-refractivity contribution >= 4 is 0 Å². The van der Waals surface area contributed by atoms with E-state index in [0.29, 0.717) is 0 Å². The van der Waals surface area contributed by atoms with Crippen LogP contribution in [-0.4, -0.2) is 24.8 Å². The lowest BCUT2D eigenvalue weighted by Crippen LogP contribution is -2.44. The predicted molar refractivity (Wildman–Crippen MR) is 83.8 cm³/mol. The molecule has 0 amide bonds. The van der Waals surface area contributed by atoms with Crippen molar-refractivity contribution in [2.75, 3.05) is 13.2 Å². The number of hydrogen-bond acceptors (Lipinski definition) is 2. The molecular formula is C18H33NO. The van der Waals surface area contributed by atoms with Gasteiger partial charge in [-0.15, -0.1) is 0 Å². The fourth-order valence-electron chi connectivity index (χ4n) is 5.39. The van der Waals surface area contributed by atoms with Crippen molar-refractivity contribution in [3.63, 3.8) is 0 Å². The third kappa shape index (κ3) is 2.92. The molecule has 1 spiro atoms. The molecule has 20 heavy (non-hydrogen) atoms. The number of nitrogens with one attached hydrogen (secondary N) is 1. The Morgan fingerprint density at radius 2 is 1.90 bits per heavy atom. The van der Waals surface area contributed by atoms with Crippen LogP contribution in [0, 0.1) is 17.8 Å². The van der Waals surface area contributed by atoms with Gasteiger partial charge in [-0.05, 0) is 62.8 Å². The highest BCUT2D eigenvalue weighted by Crippen LogP contribution is 2.47. The first-order valence-electron chi connectivity index (χ1n) is 9.11. The second-order valence-corrected chi connectivity index (χ2v) is 7.61. The molecule has 1 heterocycles. The Labute approximate surface area is 125 Å². The molecule has 2 nitrogen and oxygen atoms in total. The minimum Gasteiger partial charge on any atom is -0.375 e. The van der Waals surface area contributed by atoms with Crippen LogP contribution in [0.3, 0.4) is 0 Å². The van der Waals surface area contributed by atoms with E-state index in [2.05, 4.69) is 19.2 Å². The van der Waals surface area contributed by atoms with E-state index < -0.39 is 0 Å². The van der Waals surface area contributed by atoms with Gasteiger partial charge in [-0.25, -0.2) is 0 Å². The van der Waals surface area contributed by atoms with E-state index in [1.54, 1.807) is 0 Å². The van der Waals surface area contributed by atoms with Gasteiger partial charge in [0.05, 0.1) is 5.60 Å². The third-order valence-electron chi connectivity index (χ3n) is 6.49. The quantitative estimate of drug-likeness (QED) is 0.838. The lowest BCUT2D eigenvalue weighted by atomic mass is 9.70. The number of rotatable bonds is 3. The minimum absolute atomic E-state index is 0.289. The number of ether oxygens (including phenoxy) is 1. The number of hydrogen-bond donors (Lipinski definition) is 1. The van der Waals surface area contributed by atoms with E-state index in [1.165, 1.54) is 57.8 Å². The molecule has 0 bridgehead atoms. The van der Waals surface area contributed by atoms with Crippen LogP contribution in [-0.2, 0) is 4.74 Å². The Hall–Kier alpha value is -0.0800. The monoisotopic (exact) mass is 279 g/mol. The van der Waals surface area contributed by atoms with Crippen LogP contribution in [0.4, 0.5) is 0 Å². The molecule has 0 aromatic rings. The summed E-state index contributed by atoms with van der Waals surface area (Å²) in [5.41, 5.74) is 0.289. The SMILES string of the molecule is CCNC1CCC(C2CCOC3(CCCCC3)C2)C1C. The Kier molecular flexibility index (Phi) is 4.72. The van der Waals surface area contributed by atoms with Crippen LogP contribution in [0.25, 0.3) is 0 Å². The first-order valence-corrected chi connectivity index (χ1v) is 9.11. The third-order valence-corrected chi connectivity index (χ3v) is 6.49. The molecule has 4 unspecified atom stereocenters. The lowest BCUT2D eigenvalue weighted by molar-refractivity contribution is -0.127. The normalized spacial score (nSPS) is 41.1. The van der Waals surface area contributed by atoms with Crippen molar-refractivity contribution in [1.82, 2.24) is 5.32 Å². The molecule has 0 aromatic carbocycles. The summed E-state index contributed by atoms with van der Waals surface area (Å²) in [7, 11) is 0.